The second-order valence-electron chi connectivity index (χ2n) is 7.27. The number of carbonyl (C=O) groups excluding carboxylic acids is 3. The van der Waals surface area contributed by atoms with Crippen molar-refractivity contribution in [2.45, 2.75) is 36.9 Å². The highest BCUT2D eigenvalue weighted by molar-refractivity contribution is 6.30. The highest BCUT2D eigenvalue weighted by atomic mass is 35.5. The molecule has 1 aromatic carbocycles. The molecule has 2 saturated heterocycles. The van der Waals surface area contributed by atoms with Crippen LogP contribution in [0.1, 0.15) is 30.9 Å². The monoisotopic (exact) mass is 389 g/mol. The van der Waals surface area contributed by atoms with E-state index in [0.717, 1.165) is 5.56 Å². The summed E-state index contributed by atoms with van der Waals surface area (Å²) in [5.74, 6) is -1.92. The molecule has 2 unspecified atom stereocenters. The average molecular weight is 390 g/mol. The molecule has 0 radical (unpaired) electrons. The summed E-state index contributed by atoms with van der Waals surface area (Å²) in [5.41, 5.74) is -0.122. The lowest BCUT2D eigenvalue weighted by Crippen LogP contribution is -2.55. The van der Waals surface area contributed by atoms with Crippen molar-refractivity contribution in [1.29, 1.82) is 0 Å². The van der Waals surface area contributed by atoms with E-state index in [1.807, 2.05) is 12.1 Å². The number of hydrogen-bond acceptors (Lipinski definition) is 6. The summed E-state index contributed by atoms with van der Waals surface area (Å²) >= 11 is 5.99. The van der Waals surface area contributed by atoms with Crippen molar-refractivity contribution in [3.8, 4) is 0 Å². The molecule has 1 N–H and O–H groups in total. The van der Waals surface area contributed by atoms with Gasteiger partial charge in [0, 0.05) is 23.4 Å². The molecule has 27 heavy (non-hydrogen) atoms. The molecule has 142 valence electrons. The molecular formula is C20H20ClNO5. The summed E-state index contributed by atoms with van der Waals surface area (Å²) in [7, 11) is 1.31. The fraction of sp³-hybridized carbons (Fsp3) is 0.450. The number of allylic oxidation sites excluding steroid dienone is 1. The SMILES string of the molecule is COC(=O)[C@@H]1N[C@H](c2ccc(Cl)cc2)C2C(=O)C=C[C@@]3(CCCC(=O)O3)C21. The smallest absolute Gasteiger partial charge is 0.323 e. The largest absolute Gasteiger partial charge is 0.468 e. The first-order valence-corrected chi connectivity index (χ1v) is 9.37. The highest BCUT2D eigenvalue weighted by Gasteiger charge is 2.61. The van der Waals surface area contributed by atoms with Gasteiger partial charge >= 0.3 is 11.9 Å². The van der Waals surface area contributed by atoms with E-state index in [-0.39, 0.29) is 11.8 Å². The van der Waals surface area contributed by atoms with E-state index in [1.54, 1.807) is 18.2 Å². The van der Waals surface area contributed by atoms with Gasteiger partial charge < -0.3 is 9.47 Å². The zero-order valence-corrected chi connectivity index (χ0v) is 15.6. The molecule has 0 aromatic heterocycles. The molecule has 4 rings (SSSR count). The molecule has 1 aliphatic carbocycles. The zero-order valence-electron chi connectivity index (χ0n) is 14.8. The Morgan fingerprint density at radius 1 is 1.30 bits per heavy atom. The first-order chi connectivity index (χ1) is 12.9. The van der Waals surface area contributed by atoms with Crippen molar-refractivity contribution in [2.24, 2.45) is 11.8 Å². The normalized spacial score (nSPS) is 35.0. The number of benzene rings is 1. The molecular weight excluding hydrogens is 370 g/mol. The Morgan fingerprint density at radius 3 is 2.70 bits per heavy atom. The van der Waals surface area contributed by atoms with E-state index < -0.39 is 35.5 Å². The van der Waals surface area contributed by atoms with Crippen molar-refractivity contribution < 1.29 is 23.9 Å². The highest BCUT2D eigenvalue weighted by Crippen LogP contribution is 2.51. The summed E-state index contributed by atoms with van der Waals surface area (Å²) in [6.45, 7) is 0. The first-order valence-electron chi connectivity index (χ1n) is 8.99. The van der Waals surface area contributed by atoms with Crippen LogP contribution in [0.25, 0.3) is 0 Å². The Kier molecular flexibility index (Phi) is 4.56. The second-order valence-corrected chi connectivity index (χ2v) is 7.70. The Balaban J connectivity index is 1.80. The number of esters is 2. The number of halogens is 1. The van der Waals surface area contributed by atoms with E-state index in [2.05, 4.69) is 5.32 Å². The minimum absolute atomic E-state index is 0.0916. The van der Waals surface area contributed by atoms with E-state index in [9.17, 15) is 14.4 Å². The van der Waals surface area contributed by atoms with Gasteiger partial charge in [0.1, 0.15) is 11.6 Å². The van der Waals surface area contributed by atoms with Gasteiger partial charge in [-0.1, -0.05) is 23.7 Å². The van der Waals surface area contributed by atoms with Crippen molar-refractivity contribution in [1.82, 2.24) is 5.32 Å². The third-order valence-electron chi connectivity index (χ3n) is 5.82. The molecule has 2 heterocycles. The van der Waals surface area contributed by atoms with Crippen molar-refractivity contribution in [2.75, 3.05) is 7.11 Å². The van der Waals surface area contributed by atoms with Crippen molar-refractivity contribution >= 4 is 29.3 Å². The number of nitrogens with one attached hydrogen (secondary N) is 1. The molecule has 0 amide bonds. The summed E-state index contributed by atoms with van der Waals surface area (Å²) < 4.78 is 10.7. The number of fused-ring (bicyclic) bond motifs is 2. The summed E-state index contributed by atoms with van der Waals surface area (Å²) in [4.78, 5) is 37.4. The molecule has 0 saturated carbocycles. The Hall–Kier alpha value is -2.18. The van der Waals surface area contributed by atoms with Gasteiger partial charge in [-0.2, -0.15) is 0 Å². The van der Waals surface area contributed by atoms with Gasteiger partial charge in [0.2, 0.25) is 0 Å². The Morgan fingerprint density at radius 2 is 2.04 bits per heavy atom. The van der Waals surface area contributed by atoms with Gasteiger partial charge in [0.05, 0.1) is 13.0 Å². The molecule has 2 fully saturated rings. The van der Waals surface area contributed by atoms with Gasteiger partial charge in [-0.25, -0.2) is 0 Å². The maximum atomic E-state index is 12.8. The second kappa shape index (κ2) is 6.77. The van der Waals surface area contributed by atoms with Gasteiger partial charge in [-0.05, 0) is 42.7 Å². The Bertz CT molecular complexity index is 820. The van der Waals surface area contributed by atoms with Crippen LogP contribution in [0.4, 0.5) is 0 Å². The van der Waals surface area contributed by atoms with Crippen LogP contribution in [-0.4, -0.2) is 36.5 Å². The van der Waals surface area contributed by atoms with E-state index in [1.165, 1.54) is 13.2 Å². The number of ether oxygens (including phenoxy) is 2. The van der Waals surface area contributed by atoms with Gasteiger partial charge in [0.15, 0.2) is 5.78 Å². The van der Waals surface area contributed by atoms with Crippen LogP contribution in [0.3, 0.4) is 0 Å². The van der Waals surface area contributed by atoms with E-state index in [0.29, 0.717) is 24.3 Å². The number of ketones is 1. The fourth-order valence-electron chi connectivity index (χ4n) is 4.68. The Labute approximate surface area is 161 Å². The third kappa shape index (κ3) is 2.97. The van der Waals surface area contributed by atoms with Crippen molar-refractivity contribution in [3.63, 3.8) is 0 Å². The average Bonchev–Trinajstić information content (AvgIpc) is 3.07. The van der Waals surface area contributed by atoms with Crippen LogP contribution < -0.4 is 5.32 Å². The first kappa shape index (κ1) is 18.2. The maximum Gasteiger partial charge on any atom is 0.323 e. The zero-order chi connectivity index (χ0) is 19.2. The predicted octanol–water partition coefficient (Wildman–Crippen LogP) is 2.36. The molecule has 3 aliphatic rings. The third-order valence-corrected chi connectivity index (χ3v) is 6.08. The van der Waals surface area contributed by atoms with E-state index in [4.69, 9.17) is 21.1 Å². The predicted molar refractivity (Wildman–Crippen MR) is 96.9 cm³/mol. The summed E-state index contributed by atoms with van der Waals surface area (Å²) in [5, 5.41) is 3.85. The summed E-state index contributed by atoms with van der Waals surface area (Å²) in [6.07, 6.45) is 4.73. The lowest BCUT2D eigenvalue weighted by atomic mass is 9.66. The van der Waals surface area contributed by atoms with Crippen LogP contribution in [0.15, 0.2) is 36.4 Å². The molecule has 1 spiro atoms. The van der Waals surface area contributed by atoms with E-state index >= 15 is 0 Å². The fourth-order valence-corrected chi connectivity index (χ4v) is 4.80. The topological polar surface area (TPSA) is 81.7 Å². The number of hydrogen-bond donors (Lipinski definition) is 1. The lowest BCUT2D eigenvalue weighted by molar-refractivity contribution is -0.174. The van der Waals surface area contributed by atoms with Crippen LogP contribution in [0, 0.1) is 11.8 Å². The van der Waals surface area contributed by atoms with Crippen molar-refractivity contribution in [3.05, 3.63) is 47.0 Å². The molecule has 2 aliphatic heterocycles. The quantitative estimate of drug-likeness (QED) is 0.782. The van der Waals surface area contributed by atoms with Crippen LogP contribution in [0.5, 0.6) is 0 Å². The molecule has 7 heteroatoms. The van der Waals surface area contributed by atoms with Gasteiger partial charge in [0.25, 0.3) is 0 Å². The number of carbonyl (C=O) groups is 3. The lowest BCUT2D eigenvalue weighted by Gasteiger charge is -2.44. The number of methoxy groups -OCH3 is 1. The summed E-state index contributed by atoms with van der Waals surface area (Å²) in [6, 6.07) is 6.02. The maximum absolute atomic E-state index is 12.8. The van der Waals surface area contributed by atoms with Crippen LogP contribution in [0.2, 0.25) is 5.02 Å². The van der Waals surface area contributed by atoms with Gasteiger partial charge in [-0.3, -0.25) is 19.7 Å². The standard InChI is InChI=1S/C20H20ClNO5/c1-26-19(25)18-16-15(17(22-18)11-4-6-12(21)7-5-11)13(23)8-10-20(16)9-2-3-14(24)27-20/h4-8,10,15-18,22H,2-3,9H2,1H3/t15?,16?,17-,18-,20+/m1/s1. The van der Waals surface area contributed by atoms with Gasteiger partial charge in [-0.15, -0.1) is 0 Å². The minimum atomic E-state index is -0.971. The molecule has 6 nitrogen and oxygen atoms in total. The van der Waals surface area contributed by atoms with Crippen LogP contribution >= 0.6 is 11.6 Å². The molecule has 1 aromatic rings. The molecule has 5 atom stereocenters. The minimum Gasteiger partial charge on any atom is -0.468 e. The number of rotatable bonds is 2. The van der Waals surface area contributed by atoms with Crippen LogP contribution in [-0.2, 0) is 23.9 Å². The molecule has 0 bridgehead atoms.